The van der Waals surface area contributed by atoms with Crippen LogP contribution in [0.5, 0.6) is 0 Å². The fraction of sp³-hybridized carbons (Fsp3) is 0.647. The Morgan fingerprint density at radius 1 is 1.38 bits per heavy atom. The van der Waals surface area contributed by atoms with Crippen LogP contribution in [0.25, 0.3) is 0 Å². The molecule has 7 nitrogen and oxygen atoms in total. The third-order valence-electron chi connectivity index (χ3n) is 4.32. The first-order valence-corrected chi connectivity index (χ1v) is 8.71. The normalized spacial score (nSPS) is 17.3. The average molecular weight is 330 g/mol. The summed E-state index contributed by atoms with van der Waals surface area (Å²) in [5.74, 6) is 2.74. The van der Waals surface area contributed by atoms with Gasteiger partial charge in [0.25, 0.3) is 5.91 Å². The van der Waals surface area contributed by atoms with Crippen LogP contribution in [0.15, 0.2) is 6.07 Å². The van der Waals surface area contributed by atoms with Gasteiger partial charge in [-0.25, -0.2) is 0 Å². The molecule has 0 radical (unpaired) electrons. The van der Waals surface area contributed by atoms with Crippen LogP contribution in [0.4, 0.5) is 0 Å². The van der Waals surface area contributed by atoms with E-state index in [9.17, 15) is 4.79 Å². The van der Waals surface area contributed by atoms with Crippen molar-refractivity contribution in [1.82, 2.24) is 30.3 Å². The van der Waals surface area contributed by atoms with Gasteiger partial charge in [-0.2, -0.15) is 5.10 Å². The highest BCUT2D eigenvalue weighted by Crippen LogP contribution is 2.20. The predicted octanol–water partition coefficient (Wildman–Crippen LogP) is 2.07. The summed E-state index contributed by atoms with van der Waals surface area (Å²) in [5, 5.41) is 18.7. The highest BCUT2D eigenvalue weighted by atomic mass is 16.2. The van der Waals surface area contributed by atoms with Crippen LogP contribution in [0.1, 0.15) is 67.9 Å². The number of carbonyl (C=O) groups excluding carboxylic acids is 1. The van der Waals surface area contributed by atoms with Crippen LogP contribution >= 0.6 is 0 Å². The Morgan fingerprint density at radius 3 is 2.88 bits per heavy atom. The summed E-state index contributed by atoms with van der Waals surface area (Å²) >= 11 is 0. The van der Waals surface area contributed by atoms with Gasteiger partial charge in [0.2, 0.25) is 0 Å². The number of hydrogen-bond donors (Lipinski definition) is 2. The van der Waals surface area contributed by atoms with Gasteiger partial charge in [-0.05, 0) is 24.8 Å². The molecule has 0 saturated heterocycles. The molecule has 2 aromatic rings. The predicted molar refractivity (Wildman–Crippen MR) is 90.8 cm³/mol. The van der Waals surface area contributed by atoms with Crippen LogP contribution in [0.3, 0.4) is 0 Å². The van der Waals surface area contributed by atoms with E-state index in [4.69, 9.17) is 0 Å². The van der Waals surface area contributed by atoms with Crippen LogP contribution in [0.2, 0.25) is 0 Å². The lowest BCUT2D eigenvalue weighted by Gasteiger charge is -2.25. The van der Waals surface area contributed by atoms with Gasteiger partial charge in [-0.15, -0.1) is 10.2 Å². The van der Waals surface area contributed by atoms with Crippen molar-refractivity contribution in [1.29, 1.82) is 0 Å². The van der Waals surface area contributed by atoms with Crippen molar-refractivity contribution < 1.29 is 4.79 Å². The minimum absolute atomic E-state index is 0.0868. The molecule has 2 N–H and O–H groups in total. The topological polar surface area (TPSA) is 88.5 Å². The first-order chi connectivity index (χ1) is 11.4. The highest BCUT2D eigenvalue weighted by Gasteiger charge is 2.25. The van der Waals surface area contributed by atoms with Gasteiger partial charge >= 0.3 is 0 Å². The molecule has 2 aromatic heterocycles. The first kappa shape index (κ1) is 16.7. The van der Waals surface area contributed by atoms with Crippen LogP contribution in [-0.2, 0) is 19.4 Å². The molecule has 3 heterocycles. The monoisotopic (exact) mass is 330 g/mol. The van der Waals surface area contributed by atoms with E-state index < -0.39 is 0 Å². The second kappa shape index (κ2) is 6.75. The minimum Gasteiger partial charge on any atom is -0.346 e. The van der Waals surface area contributed by atoms with Gasteiger partial charge in [0.1, 0.15) is 17.3 Å². The molecule has 3 rings (SSSR count). The molecule has 0 spiro atoms. The zero-order chi connectivity index (χ0) is 17.3. The summed E-state index contributed by atoms with van der Waals surface area (Å²) in [4.78, 5) is 12.4. The number of aryl methyl sites for hydroxylation is 1. The Balaban J connectivity index is 1.65. The Kier molecular flexibility index (Phi) is 4.69. The molecular weight excluding hydrogens is 304 g/mol. The third kappa shape index (κ3) is 3.49. The van der Waals surface area contributed by atoms with Crippen LogP contribution in [-0.4, -0.2) is 36.9 Å². The molecule has 0 aromatic carbocycles. The van der Waals surface area contributed by atoms with Gasteiger partial charge < -0.3 is 9.88 Å². The van der Waals surface area contributed by atoms with Crippen molar-refractivity contribution in [2.24, 2.45) is 5.92 Å². The van der Waals surface area contributed by atoms with Crippen molar-refractivity contribution in [2.75, 3.05) is 0 Å². The Hall–Kier alpha value is -2.18. The van der Waals surface area contributed by atoms with Gasteiger partial charge in [0, 0.05) is 30.6 Å². The fourth-order valence-electron chi connectivity index (χ4n) is 3.17. The molecule has 0 aliphatic carbocycles. The Morgan fingerprint density at radius 2 is 2.17 bits per heavy atom. The van der Waals surface area contributed by atoms with E-state index in [0.29, 0.717) is 17.5 Å². The molecule has 0 fully saturated rings. The molecule has 24 heavy (non-hydrogen) atoms. The van der Waals surface area contributed by atoms with E-state index in [1.165, 1.54) is 0 Å². The Labute approximate surface area is 142 Å². The molecular formula is C17H26N6O. The standard InChI is InChI=1S/C17H26N6O/c1-10(2)7-13-8-14(20-19-13)17(24)18-12-5-6-15-21-22-16(11(3)4)23(15)9-12/h8,10-12H,5-7,9H2,1-4H3,(H,18,24)(H,19,20). The molecule has 130 valence electrons. The summed E-state index contributed by atoms with van der Waals surface area (Å²) in [7, 11) is 0. The van der Waals surface area contributed by atoms with E-state index in [-0.39, 0.29) is 11.9 Å². The second-order valence-electron chi connectivity index (χ2n) is 7.33. The molecule has 7 heteroatoms. The van der Waals surface area contributed by atoms with E-state index in [2.05, 4.69) is 58.0 Å². The zero-order valence-electron chi connectivity index (χ0n) is 14.8. The second-order valence-corrected chi connectivity index (χ2v) is 7.33. The van der Waals surface area contributed by atoms with Crippen molar-refractivity contribution >= 4 is 5.91 Å². The average Bonchev–Trinajstić information content (AvgIpc) is 3.12. The summed E-state index contributed by atoms with van der Waals surface area (Å²) in [5.41, 5.74) is 1.46. The van der Waals surface area contributed by atoms with Crippen molar-refractivity contribution in [3.05, 3.63) is 29.1 Å². The molecule has 1 atom stereocenters. The zero-order valence-corrected chi connectivity index (χ0v) is 14.8. The molecule has 1 aliphatic rings. The number of aromatic amines is 1. The number of amides is 1. The number of hydrogen-bond acceptors (Lipinski definition) is 4. The maximum atomic E-state index is 12.4. The summed E-state index contributed by atoms with van der Waals surface area (Å²) < 4.78 is 2.15. The van der Waals surface area contributed by atoms with Gasteiger partial charge in [-0.3, -0.25) is 9.89 Å². The number of nitrogens with zero attached hydrogens (tertiary/aromatic N) is 4. The smallest absolute Gasteiger partial charge is 0.272 e. The number of fused-ring (bicyclic) bond motifs is 1. The summed E-state index contributed by atoms with van der Waals surface area (Å²) in [6, 6.07) is 1.94. The molecule has 0 saturated carbocycles. The lowest BCUT2D eigenvalue weighted by atomic mass is 10.1. The van der Waals surface area contributed by atoms with E-state index in [0.717, 1.165) is 43.1 Å². The largest absolute Gasteiger partial charge is 0.346 e. The summed E-state index contributed by atoms with van der Waals surface area (Å²) in [6.45, 7) is 9.24. The van der Waals surface area contributed by atoms with E-state index in [1.54, 1.807) is 0 Å². The van der Waals surface area contributed by atoms with Gasteiger partial charge in [-0.1, -0.05) is 27.7 Å². The van der Waals surface area contributed by atoms with E-state index >= 15 is 0 Å². The number of carbonyl (C=O) groups is 1. The van der Waals surface area contributed by atoms with Crippen LogP contribution in [0, 0.1) is 5.92 Å². The number of aromatic nitrogens is 5. The molecule has 0 bridgehead atoms. The lowest BCUT2D eigenvalue weighted by Crippen LogP contribution is -2.41. The third-order valence-corrected chi connectivity index (χ3v) is 4.32. The van der Waals surface area contributed by atoms with Crippen molar-refractivity contribution in [3.8, 4) is 0 Å². The van der Waals surface area contributed by atoms with Gasteiger partial charge in [0.05, 0.1) is 0 Å². The van der Waals surface area contributed by atoms with Gasteiger partial charge in [0.15, 0.2) is 0 Å². The fourth-order valence-corrected chi connectivity index (χ4v) is 3.17. The molecule has 1 amide bonds. The molecule has 1 aliphatic heterocycles. The Bertz CT molecular complexity index is 714. The van der Waals surface area contributed by atoms with Crippen LogP contribution < -0.4 is 5.32 Å². The maximum absolute atomic E-state index is 12.4. The quantitative estimate of drug-likeness (QED) is 0.878. The number of H-pyrrole nitrogens is 1. The minimum atomic E-state index is -0.117. The number of nitrogens with one attached hydrogen (secondary N) is 2. The maximum Gasteiger partial charge on any atom is 0.272 e. The first-order valence-electron chi connectivity index (χ1n) is 8.71. The lowest BCUT2D eigenvalue weighted by molar-refractivity contribution is 0.0922. The number of rotatable bonds is 5. The molecule has 1 unspecified atom stereocenters. The highest BCUT2D eigenvalue weighted by molar-refractivity contribution is 5.92. The SMILES string of the molecule is CC(C)Cc1cc(C(=O)NC2CCc3nnc(C(C)C)n3C2)n[nH]1. The van der Waals surface area contributed by atoms with Crippen molar-refractivity contribution in [2.45, 2.75) is 65.5 Å². The van der Waals surface area contributed by atoms with Crippen molar-refractivity contribution in [3.63, 3.8) is 0 Å². The van der Waals surface area contributed by atoms with E-state index in [1.807, 2.05) is 6.07 Å². The summed E-state index contributed by atoms with van der Waals surface area (Å²) in [6.07, 6.45) is 2.61.